The Morgan fingerprint density at radius 2 is 0.789 bits per heavy atom. The molecule has 0 radical (unpaired) electrons. The van der Waals surface area contributed by atoms with Crippen LogP contribution < -0.4 is 22.1 Å². The van der Waals surface area contributed by atoms with Crippen LogP contribution in [-0.2, 0) is 33.3 Å². The Morgan fingerprint density at radius 1 is 0.491 bits per heavy atom. The molecule has 0 heterocycles. The Kier molecular flexibility index (Phi) is 31.1. The molecule has 15 nitrogen and oxygen atoms in total. The average molecular weight is 868 g/mol. The Morgan fingerprint density at radius 3 is 1.05 bits per heavy atom. The summed E-state index contributed by atoms with van der Waals surface area (Å²) in [6.07, 6.45) is 8.94. The number of anilines is 2. The van der Waals surface area contributed by atoms with Crippen molar-refractivity contribution in [1.29, 1.82) is 0 Å². The van der Waals surface area contributed by atoms with Gasteiger partial charge in [0.15, 0.2) is 0 Å². The van der Waals surface area contributed by atoms with Crippen LogP contribution in [0.15, 0.2) is 36.4 Å². The van der Waals surface area contributed by atoms with Crippen molar-refractivity contribution in [2.24, 2.45) is 11.5 Å². The van der Waals surface area contributed by atoms with E-state index < -0.39 is 29.8 Å². The summed E-state index contributed by atoms with van der Waals surface area (Å²) in [6, 6.07) is 8.69. The molecule has 0 bridgehead atoms. The zero-order valence-corrected chi connectivity index (χ0v) is 35.8. The summed E-state index contributed by atoms with van der Waals surface area (Å²) in [5.74, 6) is -2.90. The van der Waals surface area contributed by atoms with Gasteiger partial charge in [-0.05, 0) is 68.5 Å². The average Bonchev–Trinajstić information content (AvgIpc) is 3.21. The monoisotopic (exact) mass is 866 g/mol. The number of amides is 2. The molecule has 0 fully saturated rings. The Balaban J connectivity index is 0.000000942. The van der Waals surface area contributed by atoms with Crippen LogP contribution in [-0.4, -0.2) is 87.3 Å². The fraction of sp³-hybridized carbons (Fsp3) is 0.561. The zero-order chi connectivity index (χ0) is 42.8. The molecule has 0 spiro atoms. The molecule has 2 aromatic carbocycles. The third-order valence-corrected chi connectivity index (χ3v) is 7.88. The van der Waals surface area contributed by atoms with Gasteiger partial charge in [0.25, 0.3) is 0 Å². The van der Waals surface area contributed by atoms with E-state index in [1.807, 2.05) is 27.7 Å². The smallest absolute Gasteiger partial charge is 0.338 e. The van der Waals surface area contributed by atoms with Gasteiger partial charge >= 0.3 is 23.9 Å². The van der Waals surface area contributed by atoms with Crippen molar-refractivity contribution in [3.8, 4) is 0 Å². The Bertz CT molecular complexity index is 1320. The SMILES string of the molecule is CCCCOC(=O)c1cc(NC(=O)CBr)cc(C(=O)OCCCC)c1.CCCCOC(=O)c1cc(NC(=O)CN)cc(C(=O)OCCCC)c1.CCCCOCN. The number of rotatable bonds is 24. The van der Waals surface area contributed by atoms with Gasteiger partial charge in [-0.2, -0.15) is 0 Å². The third-order valence-electron chi connectivity index (χ3n) is 7.37. The minimum absolute atomic E-state index is 0.106. The van der Waals surface area contributed by atoms with Gasteiger partial charge in [-0.1, -0.05) is 82.7 Å². The van der Waals surface area contributed by atoms with Crippen LogP contribution in [0.25, 0.3) is 0 Å². The number of halogens is 1. The van der Waals surface area contributed by atoms with Gasteiger partial charge in [0.2, 0.25) is 11.8 Å². The van der Waals surface area contributed by atoms with Gasteiger partial charge < -0.3 is 45.8 Å². The fourth-order valence-electron chi connectivity index (χ4n) is 4.18. The van der Waals surface area contributed by atoms with E-state index in [9.17, 15) is 28.8 Å². The van der Waals surface area contributed by atoms with Crippen LogP contribution in [0, 0.1) is 0 Å². The van der Waals surface area contributed by atoms with E-state index in [2.05, 4.69) is 33.5 Å². The Hall–Kier alpha value is -4.38. The topological polar surface area (TPSA) is 225 Å². The van der Waals surface area contributed by atoms with Crippen LogP contribution in [0.3, 0.4) is 0 Å². The van der Waals surface area contributed by atoms with Gasteiger partial charge in [0.05, 0.1) is 67.3 Å². The molecule has 0 aliphatic carbocycles. The maximum absolute atomic E-state index is 12.2. The second-order valence-electron chi connectivity index (χ2n) is 12.4. The van der Waals surface area contributed by atoms with Crippen LogP contribution in [0.5, 0.6) is 0 Å². The zero-order valence-electron chi connectivity index (χ0n) is 34.2. The van der Waals surface area contributed by atoms with Crippen LogP contribution in [0.2, 0.25) is 0 Å². The van der Waals surface area contributed by atoms with Crippen molar-refractivity contribution in [3.63, 3.8) is 0 Å². The lowest BCUT2D eigenvalue weighted by atomic mass is 10.1. The molecule has 2 amide bonds. The van der Waals surface area contributed by atoms with Gasteiger partial charge in [-0.15, -0.1) is 0 Å². The summed E-state index contributed by atoms with van der Waals surface area (Å²) in [6.45, 7) is 12.3. The maximum atomic E-state index is 12.2. The first kappa shape index (κ1) is 52.6. The predicted octanol–water partition coefficient (Wildman–Crippen LogP) is 7.15. The molecular weight excluding hydrogens is 804 g/mol. The first-order valence-corrected chi connectivity index (χ1v) is 20.7. The molecule has 0 aliphatic rings. The molecule has 0 unspecified atom stereocenters. The molecule has 16 heteroatoms. The molecule has 2 rings (SSSR count). The van der Waals surface area contributed by atoms with Gasteiger partial charge in [0.1, 0.15) is 0 Å². The van der Waals surface area contributed by atoms with E-state index in [4.69, 9.17) is 35.2 Å². The van der Waals surface area contributed by atoms with E-state index in [1.165, 1.54) is 42.8 Å². The van der Waals surface area contributed by atoms with Gasteiger partial charge in [0, 0.05) is 18.0 Å². The quantitative estimate of drug-likeness (QED) is 0.0271. The largest absolute Gasteiger partial charge is 0.462 e. The number of nitrogens with one attached hydrogen (secondary N) is 2. The van der Waals surface area contributed by atoms with Crippen molar-refractivity contribution in [1.82, 2.24) is 0 Å². The summed E-state index contributed by atoms with van der Waals surface area (Å²) in [4.78, 5) is 71.7. The third kappa shape index (κ3) is 24.8. The first-order valence-electron chi connectivity index (χ1n) is 19.6. The molecule has 6 N–H and O–H groups in total. The second-order valence-corrected chi connectivity index (χ2v) is 13.0. The lowest BCUT2D eigenvalue weighted by molar-refractivity contribution is -0.115. The number of ether oxygens (including phenoxy) is 5. The number of hydrogen-bond acceptors (Lipinski definition) is 13. The first-order chi connectivity index (χ1) is 27.4. The van der Waals surface area contributed by atoms with Crippen molar-refractivity contribution in [2.45, 2.75) is 98.8 Å². The second kappa shape index (κ2) is 33.7. The van der Waals surface area contributed by atoms with Crippen molar-refractivity contribution in [2.75, 3.05) is 62.3 Å². The number of benzene rings is 2. The molecule has 57 heavy (non-hydrogen) atoms. The molecule has 2 aromatic rings. The normalized spacial score (nSPS) is 10.1. The van der Waals surface area contributed by atoms with E-state index >= 15 is 0 Å². The molecule has 0 saturated heterocycles. The number of alkyl halides is 1. The van der Waals surface area contributed by atoms with Crippen LogP contribution in [0.1, 0.15) is 140 Å². The fourth-order valence-corrected chi connectivity index (χ4v) is 4.32. The van der Waals surface area contributed by atoms with E-state index in [-0.39, 0.29) is 40.0 Å². The highest BCUT2D eigenvalue weighted by Gasteiger charge is 2.18. The van der Waals surface area contributed by atoms with E-state index in [0.717, 1.165) is 64.4 Å². The summed E-state index contributed by atoms with van der Waals surface area (Å²) >= 11 is 3.06. The number of hydrogen-bond donors (Lipinski definition) is 4. The number of esters is 4. The number of carbonyl (C=O) groups excluding carboxylic acids is 6. The molecule has 0 saturated carbocycles. The minimum atomic E-state index is -0.556. The van der Waals surface area contributed by atoms with Crippen molar-refractivity contribution >= 4 is 63.0 Å². The minimum Gasteiger partial charge on any atom is -0.462 e. The number of carbonyl (C=O) groups is 6. The van der Waals surface area contributed by atoms with E-state index in [1.54, 1.807) is 0 Å². The standard InChI is InChI=1S/C18H24BrNO5.C18H26N2O5.C5H13NO/c2*1-3-5-7-24-17(22)13-9-14(18(23)25-8-6-4-2)11-15(10-13)20-16(21)12-19;1-2-3-4-7-5-6/h9-11H,3-8,12H2,1-2H3,(H,20,21);9-11H,3-8,12,19H2,1-2H3,(H,20,21);2-6H2,1H3. The predicted molar refractivity (Wildman–Crippen MR) is 224 cm³/mol. The summed E-state index contributed by atoms with van der Waals surface area (Å²) in [7, 11) is 0. The lowest BCUT2D eigenvalue weighted by Gasteiger charge is -2.11. The Labute approximate surface area is 345 Å². The van der Waals surface area contributed by atoms with Crippen molar-refractivity contribution < 1.29 is 52.5 Å². The lowest BCUT2D eigenvalue weighted by Crippen LogP contribution is -2.22. The highest BCUT2D eigenvalue weighted by molar-refractivity contribution is 9.09. The summed E-state index contributed by atoms with van der Waals surface area (Å²) in [5, 5.41) is 5.26. The van der Waals surface area contributed by atoms with Crippen molar-refractivity contribution in [3.05, 3.63) is 58.7 Å². The van der Waals surface area contributed by atoms with Crippen LogP contribution >= 0.6 is 15.9 Å². The number of nitrogens with two attached hydrogens (primary N) is 2. The molecule has 320 valence electrons. The van der Waals surface area contributed by atoms with Crippen LogP contribution in [0.4, 0.5) is 11.4 Å². The van der Waals surface area contributed by atoms with E-state index in [0.29, 0.717) is 44.5 Å². The maximum Gasteiger partial charge on any atom is 0.338 e. The van der Waals surface area contributed by atoms with Gasteiger partial charge in [-0.25, -0.2) is 19.2 Å². The highest BCUT2D eigenvalue weighted by atomic mass is 79.9. The highest BCUT2D eigenvalue weighted by Crippen LogP contribution is 2.19. The molecular formula is C41H63BrN4O11. The van der Waals surface area contributed by atoms with Gasteiger partial charge in [-0.3, -0.25) is 9.59 Å². The molecule has 0 aliphatic heterocycles. The summed E-state index contributed by atoms with van der Waals surface area (Å²) < 4.78 is 25.5. The number of unbranched alkanes of at least 4 members (excludes halogenated alkanes) is 5. The summed E-state index contributed by atoms with van der Waals surface area (Å²) in [5.41, 5.74) is 11.7. The molecule has 0 aromatic heterocycles. The molecule has 0 atom stereocenters.